The van der Waals surface area contributed by atoms with Gasteiger partial charge in [-0.1, -0.05) is 82.6 Å². The number of carbonyl (C=O) groups excluding carboxylic acids is 2. The van der Waals surface area contributed by atoms with Gasteiger partial charge < -0.3 is 15.7 Å². The molecule has 0 aliphatic heterocycles. The van der Waals surface area contributed by atoms with Crippen molar-refractivity contribution in [3.63, 3.8) is 0 Å². The van der Waals surface area contributed by atoms with E-state index in [2.05, 4.69) is 72.6 Å². The maximum absolute atomic E-state index is 13.2. The Bertz CT molecular complexity index is 1700. The van der Waals surface area contributed by atoms with Gasteiger partial charge in [0, 0.05) is 34.8 Å². The number of nitrogens with one attached hydrogen (secondary N) is 2. The number of carboxylic acid groups (broad SMARTS) is 1. The lowest BCUT2D eigenvalue weighted by molar-refractivity contribution is -0.141. The molecule has 2 aromatic carbocycles. The minimum atomic E-state index is -1.15. The third-order valence-electron chi connectivity index (χ3n) is 9.36. The van der Waals surface area contributed by atoms with Crippen LogP contribution in [0.5, 0.6) is 0 Å². The van der Waals surface area contributed by atoms with E-state index in [9.17, 15) is 19.5 Å². The summed E-state index contributed by atoms with van der Waals surface area (Å²) in [6, 6.07) is 17.9. The molecular formula is C39H46N4O4S. The fourth-order valence-corrected chi connectivity index (χ4v) is 7.15. The molecule has 4 aromatic rings. The van der Waals surface area contributed by atoms with E-state index < -0.39 is 24.0 Å². The van der Waals surface area contributed by atoms with Crippen LogP contribution in [0.25, 0.3) is 22.5 Å². The predicted molar refractivity (Wildman–Crippen MR) is 191 cm³/mol. The molecule has 48 heavy (non-hydrogen) atoms. The summed E-state index contributed by atoms with van der Waals surface area (Å²) < 4.78 is 0. The van der Waals surface area contributed by atoms with Crippen molar-refractivity contribution >= 4 is 29.1 Å². The lowest BCUT2D eigenvalue weighted by Gasteiger charge is -2.28. The second-order valence-corrected chi connectivity index (χ2v) is 15.0. The van der Waals surface area contributed by atoms with E-state index in [-0.39, 0.29) is 17.7 Å². The summed E-state index contributed by atoms with van der Waals surface area (Å²) in [5.41, 5.74) is 4.97. The zero-order valence-electron chi connectivity index (χ0n) is 28.5. The van der Waals surface area contributed by atoms with E-state index in [1.54, 1.807) is 6.07 Å². The number of thiophene rings is 1. The summed E-state index contributed by atoms with van der Waals surface area (Å²) in [6.45, 7) is 9.91. The fourth-order valence-electron chi connectivity index (χ4n) is 6.18. The molecule has 9 heteroatoms. The van der Waals surface area contributed by atoms with Crippen molar-refractivity contribution in [2.24, 2.45) is 5.92 Å². The molecule has 0 saturated heterocycles. The van der Waals surface area contributed by atoms with Gasteiger partial charge in [0.25, 0.3) is 5.91 Å². The highest BCUT2D eigenvalue weighted by atomic mass is 32.1. The second kappa shape index (κ2) is 15.2. The maximum atomic E-state index is 13.2. The normalized spacial score (nSPS) is 17.7. The Labute approximate surface area is 287 Å². The molecule has 1 aliphatic rings. The molecule has 2 amide bonds. The molecule has 5 rings (SSSR count). The van der Waals surface area contributed by atoms with E-state index >= 15 is 0 Å². The molecule has 3 N–H and O–H groups in total. The maximum Gasteiger partial charge on any atom is 0.325 e. The van der Waals surface area contributed by atoms with Crippen LogP contribution in [0.3, 0.4) is 0 Å². The van der Waals surface area contributed by atoms with Gasteiger partial charge in [0.2, 0.25) is 5.91 Å². The number of carboxylic acids is 1. The Morgan fingerprint density at radius 1 is 0.854 bits per heavy atom. The van der Waals surface area contributed by atoms with Crippen molar-refractivity contribution in [2.75, 3.05) is 0 Å². The zero-order valence-corrected chi connectivity index (χ0v) is 29.3. The fraction of sp³-hybridized carbons (Fsp3) is 0.410. The summed E-state index contributed by atoms with van der Waals surface area (Å²) in [5.74, 6) is 0.0265. The SMILES string of the molecule is CC[C@H]1CC[C@H](c2ccc(-c3cnc(-c4ccc(C[C@H](NC(=O)c5ccc(C(C)(C)C)s5)C(=O)N[C@H](C)C(=O)O)cc4)nc3)cc2)CC1. The number of benzene rings is 2. The standard InChI is InChI=1S/C39H46N4O4S/c1-6-25-7-11-27(12-8-25)28-15-17-29(18-16-28)31-22-40-35(41-23-31)30-13-9-26(10-14-30)21-32(36(44)42-24(2)38(46)47)43-37(45)33-19-20-34(48-33)39(3,4)5/h9-10,13-20,22-25,27,32H,6-8,11-12,21H2,1-5H3,(H,42,44)(H,43,45)(H,46,47)/t24-,25-,27-,32+/m1/s1. The number of aliphatic carboxylic acids is 1. The van der Waals surface area contributed by atoms with Crippen molar-refractivity contribution in [3.05, 3.63) is 93.9 Å². The Morgan fingerprint density at radius 3 is 2.04 bits per heavy atom. The van der Waals surface area contributed by atoms with Crippen molar-refractivity contribution < 1.29 is 19.5 Å². The quantitative estimate of drug-likeness (QED) is 0.150. The first-order valence-electron chi connectivity index (χ1n) is 16.9. The van der Waals surface area contributed by atoms with Crippen molar-refractivity contribution in [1.29, 1.82) is 0 Å². The zero-order chi connectivity index (χ0) is 34.4. The summed E-state index contributed by atoms with van der Waals surface area (Å²) in [7, 11) is 0. The highest BCUT2D eigenvalue weighted by Crippen LogP contribution is 2.37. The van der Waals surface area contributed by atoms with Crippen LogP contribution in [0, 0.1) is 5.92 Å². The highest BCUT2D eigenvalue weighted by Gasteiger charge is 2.27. The number of carbonyl (C=O) groups is 3. The average molecular weight is 667 g/mol. The van der Waals surface area contributed by atoms with Gasteiger partial charge in [-0.2, -0.15) is 0 Å². The van der Waals surface area contributed by atoms with E-state index in [1.807, 2.05) is 42.7 Å². The van der Waals surface area contributed by atoms with Crippen molar-refractivity contribution in [2.45, 2.75) is 96.6 Å². The van der Waals surface area contributed by atoms with Gasteiger partial charge in [0.15, 0.2) is 5.82 Å². The number of rotatable bonds is 11. The number of amides is 2. The summed E-state index contributed by atoms with van der Waals surface area (Å²) in [6.07, 6.45) is 10.3. The van der Waals surface area contributed by atoms with Crippen molar-refractivity contribution in [3.8, 4) is 22.5 Å². The molecule has 2 aromatic heterocycles. The van der Waals surface area contributed by atoms with Gasteiger partial charge in [-0.25, -0.2) is 9.97 Å². The summed E-state index contributed by atoms with van der Waals surface area (Å²) >= 11 is 1.38. The van der Waals surface area contributed by atoms with Gasteiger partial charge in [-0.3, -0.25) is 14.4 Å². The van der Waals surface area contributed by atoms with Crippen LogP contribution in [0.1, 0.15) is 98.3 Å². The van der Waals surface area contributed by atoms with Gasteiger partial charge in [0.1, 0.15) is 12.1 Å². The molecule has 1 aliphatic carbocycles. The summed E-state index contributed by atoms with van der Waals surface area (Å²) in [4.78, 5) is 48.5. The van der Waals surface area contributed by atoms with Crippen LogP contribution in [-0.2, 0) is 21.4 Å². The topological polar surface area (TPSA) is 121 Å². The van der Waals surface area contributed by atoms with Crippen LogP contribution < -0.4 is 10.6 Å². The number of hydrogen-bond acceptors (Lipinski definition) is 6. The van der Waals surface area contributed by atoms with Crippen LogP contribution in [0.4, 0.5) is 0 Å². The number of hydrogen-bond donors (Lipinski definition) is 3. The molecule has 0 unspecified atom stereocenters. The number of aromatic nitrogens is 2. The predicted octanol–water partition coefficient (Wildman–Crippen LogP) is 7.78. The Kier molecular flexibility index (Phi) is 11.1. The lowest BCUT2D eigenvalue weighted by Crippen LogP contribution is -2.51. The lowest BCUT2D eigenvalue weighted by atomic mass is 9.78. The molecule has 252 valence electrons. The largest absolute Gasteiger partial charge is 0.480 e. The van der Waals surface area contributed by atoms with E-state index in [0.29, 0.717) is 16.6 Å². The number of nitrogens with zero attached hydrogens (tertiary/aromatic N) is 2. The molecule has 2 atom stereocenters. The van der Waals surface area contributed by atoms with E-state index in [1.165, 1.54) is 55.9 Å². The van der Waals surface area contributed by atoms with Crippen molar-refractivity contribution in [1.82, 2.24) is 20.6 Å². The minimum absolute atomic E-state index is 0.110. The van der Waals surface area contributed by atoms with E-state index in [0.717, 1.165) is 33.0 Å². The van der Waals surface area contributed by atoms with E-state index in [4.69, 9.17) is 0 Å². The highest BCUT2D eigenvalue weighted by molar-refractivity contribution is 7.14. The molecular weight excluding hydrogens is 621 g/mol. The molecule has 8 nitrogen and oxygen atoms in total. The van der Waals surface area contributed by atoms with Crippen LogP contribution in [-0.4, -0.2) is 44.9 Å². The summed E-state index contributed by atoms with van der Waals surface area (Å²) in [5, 5.41) is 14.6. The third-order valence-corrected chi connectivity index (χ3v) is 10.9. The van der Waals surface area contributed by atoms with Crippen LogP contribution in [0.15, 0.2) is 73.1 Å². The van der Waals surface area contributed by atoms with Crippen LogP contribution in [0.2, 0.25) is 0 Å². The molecule has 0 spiro atoms. The molecule has 1 saturated carbocycles. The minimum Gasteiger partial charge on any atom is -0.480 e. The second-order valence-electron chi connectivity index (χ2n) is 14.0. The molecule has 0 radical (unpaired) electrons. The smallest absolute Gasteiger partial charge is 0.325 e. The Morgan fingerprint density at radius 2 is 1.48 bits per heavy atom. The first-order chi connectivity index (χ1) is 22.9. The van der Waals surface area contributed by atoms with Gasteiger partial charge in [0.05, 0.1) is 4.88 Å². The molecule has 2 heterocycles. The average Bonchev–Trinajstić information content (AvgIpc) is 3.60. The Hall–Kier alpha value is -4.37. The van der Waals surface area contributed by atoms with Gasteiger partial charge >= 0.3 is 5.97 Å². The third kappa shape index (κ3) is 8.75. The first-order valence-corrected chi connectivity index (χ1v) is 17.7. The van der Waals surface area contributed by atoms with Gasteiger partial charge in [-0.15, -0.1) is 11.3 Å². The monoisotopic (exact) mass is 666 g/mol. The first kappa shape index (κ1) is 35.0. The van der Waals surface area contributed by atoms with Gasteiger partial charge in [-0.05, 0) is 78.7 Å². The molecule has 1 fully saturated rings. The Balaban J connectivity index is 1.25. The van der Waals surface area contributed by atoms with Crippen LogP contribution >= 0.6 is 11.3 Å². The molecule has 0 bridgehead atoms.